The highest BCUT2D eigenvalue weighted by Crippen LogP contribution is 2.28. The van der Waals surface area contributed by atoms with E-state index in [1.54, 1.807) is 23.0 Å². The SMILES string of the molecule is O=C(O)C1CC(OI)[C@H](O)[C@H](O)C1. The molecule has 0 spiro atoms. The number of halogens is 1. The summed E-state index contributed by atoms with van der Waals surface area (Å²) >= 11 is 1.60. The second-order valence-electron chi connectivity index (χ2n) is 3.19. The molecule has 13 heavy (non-hydrogen) atoms. The van der Waals surface area contributed by atoms with Crippen molar-refractivity contribution in [3.8, 4) is 0 Å². The fourth-order valence-corrected chi connectivity index (χ4v) is 1.99. The Bertz CT molecular complexity index is 197. The monoisotopic (exact) mass is 302 g/mol. The van der Waals surface area contributed by atoms with Crippen molar-refractivity contribution in [2.24, 2.45) is 5.92 Å². The molecule has 1 aliphatic carbocycles. The Balaban J connectivity index is 2.63. The summed E-state index contributed by atoms with van der Waals surface area (Å²) in [5.41, 5.74) is 0. The highest BCUT2D eigenvalue weighted by atomic mass is 127. The Labute approximate surface area is 89.4 Å². The van der Waals surface area contributed by atoms with Gasteiger partial charge in [0.15, 0.2) is 0 Å². The number of carboxylic acids is 1. The highest BCUT2D eigenvalue weighted by molar-refractivity contribution is 14.1. The molecule has 0 saturated heterocycles. The van der Waals surface area contributed by atoms with Gasteiger partial charge in [-0.3, -0.25) is 4.79 Å². The minimum Gasteiger partial charge on any atom is -0.481 e. The van der Waals surface area contributed by atoms with Crippen LogP contribution in [0.3, 0.4) is 0 Å². The molecule has 0 aromatic heterocycles. The summed E-state index contributed by atoms with van der Waals surface area (Å²) in [6.45, 7) is 0. The molecule has 0 bridgehead atoms. The molecule has 1 saturated carbocycles. The van der Waals surface area contributed by atoms with Gasteiger partial charge in [-0.1, -0.05) is 0 Å². The van der Waals surface area contributed by atoms with E-state index in [0.29, 0.717) is 0 Å². The van der Waals surface area contributed by atoms with E-state index in [1.165, 1.54) is 0 Å². The van der Waals surface area contributed by atoms with E-state index in [-0.39, 0.29) is 12.8 Å². The minimum absolute atomic E-state index is 0.0903. The van der Waals surface area contributed by atoms with Crippen LogP contribution in [0, 0.1) is 5.92 Å². The summed E-state index contributed by atoms with van der Waals surface area (Å²) in [6, 6.07) is 0. The van der Waals surface area contributed by atoms with Gasteiger partial charge in [0, 0.05) is 0 Å². The molecule has 0 amide bonds. The number of rotatable bonds is 2. The van der Waals surface area contributed by atoms with Crippen LogP contribution in [0.25, 0.3) is 0 Å². The van der Waals surface area contributed by atoms with Gasteiger partial charge in [0.1, 0.15) is 29.1 Å². The highest BCUT2D eigenvalue weighted by Gasteiger charge is 2.39. The fraction of sp³-hybridized carbons (Fsp3) is 0.857. The van der Waals surface area contributed by atoms with Crippen molar-refractivity contribution in [2.75, 3.05) is 0 Å². The van der Waals surface area contributed by atoms with E-state index in [9.17, 15) is 15.0 Å². The van der Waals surface area contributed by atoms with Gasteiger partial charge < -0.3 is 18.4 Å². The van der Waals surface area contributed by atoms with Gasteiger partial charge in [-0.2, -0.15) is 0 Å². The lowest BCUT2D eigenvalue weighted by molar-refractivity contribution is -0.150. The number of carbonyl (C=O) groups is 1. The van der Waals surface area contributed by atoms with Gasteiger partial charge >= 0.3 is 5.97 Å². The van der Waals surface area contributed by atoms with Crippen LogP contribution in [-0.4, -0.2) is 39.6 Å². The Hall–Kier alpha value is 0.0800. The van der Waals surface area contributed by atoms with Gasteiger partial charge in [-0.15, -0.1) is 0 Å². The van der Waals surface area contributed by atoms with Crippen molar-refractivity contribution in [3.05, 3.63) is 0 Å². The summed E-state index contributed by atoms with van der Waals surface area (Å²) in [5, 5.41) is 27.4. The Kier molecular flexibility index (Phi) is 3.89. The third-order valence-corrected chi connectivity index (χ3v) is 2.93. The number of aliphatic hydroxyl groups is 2. The van der Waals surface area contributed by atoms with Crippen molar-refractivity contribution in [2.45, 2.75) is 31.2 Å². The maximum absolute atomic E-state index is 10.6. The molecular formula is C7H11IO5. The average molecular weight is 302 g/mol. The maximum atomic E-state index is 10.6. The molecule has 3 N–H and O–H groups in total. The molecule has 1 rings (SSSR count). The predicted octanol–water partition coefficient (Wildman–Crippen LogP) is -0.0620. The third-order valence-electron chi connectivity index (χ3n) is 2.28. The van der Waals surface area contributed by atoms with E-state index in [2.05, 4.69) is 0 Å². The normalized spacial score (nSPS) is 40.2. The van der Waals surface area contributed by atoms with Crippen LogP contribution in [0.4, 0.5) is 0 Å². The standard InChI is InChI=1S/C7H11IO5/c8-13-5-2-3(7(11)12)1-4(9)6(5)10/h3-6,9-10H,1-2H2,(H,11,12)/t3?,4-,5?,6-/m1/s1. The van der Waals surface area contributed by atoms with E-state index >= 15 is 0 Å². The zero-order chi connectivity index (χ0) is 10.0. The van der Waals surface area contributed by atoms with Crippen LogP contribution in [0.1, 0.15) is 12.8 Å². The zero-order valence-electron chi connectivity index (χ0n) is 6.76. The van der Waals surface area contributed by atoms with Crippen molar-refractivity contribution in [1.82, 2.24) is 0 Å². The molecular weight excluding hydrogens is 291 g/mol. The van der Waals surface area contributed by atoms with Crippen molar-refractivity contribution >= 4 is 29.0 Å². The lowest BCUT2D eigenvalue weighted by Crippen LogP contribution is -2.46. The first-order valence-electron chi connectivity index (χ1n) is 3.92. The lowest BCUT2D eigenvalue weighted by Gasteiger charge is -2.33. The second-order valence-corrected chi connectivity index (χ2v) is 3.70. The number of carboxylic acid groups (broad SMARTS) is 1. The minimum atomic E-state index is -1.00. The number of hydrogen-bond acceptors (Lipinski definition) is 4. The molecule has 0 aliphatic heterocycles. The van der Waals surface area contributed by atoms with E-state index in [1.807, 2.05) is 0 Å². The molecule has 4 atom stereocenters. The molecule has 0 radical (unpaired) electrons. The van der Waals surface area contributed by atoms with Gasteiger partial charge in [-0.05, 0) is 12.8 Å². The topological polar surface area (TPSA) is 87.0 Å². The molecule has 5 nitrogen and oxygen atoms in total. The molecule has 1 fully saturated rings. The average Bonchev–Trinajstić information content (AvgIpc) is 2.09. The van der Waals surface area contributed by atoms with Crippen molar-refractivity contribution in [3.63, 3.8) is 0 Å². The van der Waals surface area contributed by atoms with Gasteiger partial charge in [0.05, 0.1) is 18.1 Å². The van der Waals surface area contributed by atoms with Crippen LogP contribution >= 0.6 is 23.0 Å². The summed E-state index contributed by atoms with van der Waals surface area (Å²) in [4.78, 5) is 10.6. The van der Waals surface area contributed by atoms with E-state index in [4.69, 9.17) is 8.17 Å². The smallest absolute Gasteiger partial charge is 0.306 e. The maximum Gasteiger partial charge on any atom is 0.306 e. The van der Waals surface area contributed by atoms with Crippen LogP contribution in [0.5, 0.6) is 0 Å². The first-order valence-corrected chi connectivity index (χ1v) is 4.80. The van der Waals surface area contributed by atoms with Crippen molar-refractivity contribution < 1.29 is 23.2 Å². The third kappa shape index (κ3) is 2.52. The zero-order valence-corrected chi connectivity index (χ0v) is 8.92. The summed E-state index contributed by atoms with van der Waals surface area (Å²) in [5.74, 6) is -1.58. The van der Waals surface area contributed by atoms with Crippen molar-refractivity contribution in [1.29, 1.82) is 0 Å². The summed E-state index contributed by atoms with van der Waals surface area (Å²) in [7, 11) is 0. The van der Waals surface area contributed by atoms with Gasteiger partial charge in [0.2, 0.25) is 0 Å². The first-order chi connectivity index (χ1) is 6.06. The molecule has 2 unspecified atom stereocenters. The molecule has 76 valence electrons. The second kappa shape index (κ2) is 4.54. The number of aliphatic carboxylic acids is 1. The molecule has 6 heteroatoms. The number of hydrogen-bond donors (Lipinski definition) is 3. The molecule has 0 aromatic carbocycles. The van der Waals surface area contributed by atoms with E-state index < -0.39 is 30.2 Å². The summed E-state index contributed by atoms with van der Waals surface area (Å²) < 4.78 is 4.85. The largest absolute Gasteiger partial charge is 0.481 e. The Morgan fingerprint density at radius 3 is 2.46 bits per heavy atom. The first kappa shape index (κ1) is 11.2. The predicted molar refractivity (Wildman–Crippen MR) is 51.3 cm³/mol. The fourth-order valence-electron chi connectivity index (χ4n) is 1.49. The van der Waals surface area contributed by atoms with Crippen LogP contribution in [0.15, 0.2) is 0 Å². The molecule has 1 aliphatic rings. The van der Waals surface area contributed by atoms with E-state index in [0.717, 1.165) is 0 Å². The molecule has 0 aromatic rings. The van der Waals surface area contributed by atoms with Gasteiger partial charge in [0.25, 0.3) is 0 Å². The van der Waals surface area contributed by atoms with Crippen LogP contribution < -0.4 is 0 Å². The molecule has 0 heterocycles. The van der Waals surface area contributed by atoms with Crippen LogP contribution in [-0.2, 0) is 7.86 Å². The summed E-state index contributed by atoms with van der Waals surface area (Å²) in [6.07, 6.45) is -2.24. The Morgan fingerprint density at radius 1 is 1.38 bits per heavy atom. The Morgan fingerprint density at radius 2 is 2.00 bits per heavy atom. The number of aliphatic hydroxyl groups excluding tert-OH is 2. The van der Waals surface area contributed by atoms with Gasteiger partial charge in [-0.25, -0.2) is 0 Å². The van der Waals surface area contributed by atoms with Crippen LogP contribution in [0.2, 0.25) is 0 Å². The quantitative estimate of drug-likeness (QED) is 0.622. The lowest BCUT2D eigenvalue weighted by atomic mass is 9.83.